The number of ether oxygens (including phenoxy) is 1. The molecule has 0 bridgehead atoms. The molecule has 1 saturated heterocycles. The molecule has 0 amide bonds. The highest BCUT2D eigenvalue weighted by molar-refractivity contribution is 14.0. The fourth-order valence-electron chi connectivity index (χ4n) is 3.37. The van der Waals surface area contributed by atoms with Gasteiger partial charge in [-0.15, -0.1) is 34.2 Å². The molecule has 0 saturated carbocycles. The standard InChI is InChI=1S/C18H30N8O.HI/c1-14-22-23-17(25(14)3)11-20-18(19-6-8-27-4)26-7-5-15(13-26)9-16-10-21-24(2)12-16;/h10,12,15H,5-9,11,13H2,1-4H3,(H,19,20);1H. The van der Waals surface area contributed by atoms with Gasteiger partial charge in [-0.25, -0.2) is 4.99 Å². The van der Waals surface area contributed by atoms with Gasteiger partial charge >= 0.3 is 0 Å². The van der Waals surface area contributed by atoms with Gasteiger partial charge < -0.3 is 19.5 Å². The maximum absolute atomic E-state index is 5.17. The number of guanidine groups is 1. The molecule has 1 aliphatic rings. The van der Waals surface area contributed by atoms with Gasteiger partial charge in [0.1, 0.15) is 12.4 Å². The molecule has 156 valence electrons. The molecule has 2 aromatic heterocycles. The Kier molecular flexibility index (Phi) is 8.67. The summed E-state index contributed by atoms with van der Waals surface area (Å²) < 4.78 is 9.01. The SMILES string of the molecule is COCCNC(=NCc1nnc(C)n1C)N1CCC(Cc2cnn(C)c2)C1.I. The first kappa shape index (κ1) is 22.6. The molecule has 0 spiro atoms. The normalized spacial score (nSPS) is 17.1. The minimum Gasteiger partial charge on any atom is -0.383 e. The van der Waals surface area contributed by atoms with Crippen molar-refractivity contribution in [3.05, 3.63) is 29.6 Å². The molecule has 3 heterocycles. The van der Waals surface area contributed by atoms with E-state index in [-0.39, 0.29) is 24.0 Å². The number of nitrogens with zero attached hydrogens (tertiary/aromatic N) is 7. The number of methoxy groups -OCH3 is 1. The van der Waals surface area contributed by atoms with Gasteiger partial charge in [0.2, 0.25) is 0 Å². The number of rotatable bonds is 7. The Labute approximate surface area is 183 Å². The van der Waals surface area contributed by atoms with Crippen molar-refractivity contribution in [3.8, 4) is 0 Å². The van der Waals surface area contributed by atoms with E-state index in [1.54, 1.807) is 7.11 Å². The van der Waals surface area contributed by atoms with Crippen LogP contribution in [0.2, 0.25) is 0 Å². The second-order valence-corrected chi connectivity index (χ2v) is 7.11. The number of aromatic nitrogens is 5. The van der Waals surface area contributed by atoms with Crippen molar-refractivity contribution < 1.29 is 4.74 Å². The van der Waals surface area contributed by atoms with Crippen molar-refractivity contribution >= 4 is 29.9 Å². The van der Waals surface area contributed by atoms with Gasteiger partial charge in [-0.2, -0.15) is 5.10 Å². The molecule has 10 heteroatoms. The van der Waals surface area contributed by atoms with Gasteiger partial charge in [-0.1, -0.05) is 0 Å². The Morgan fingerprint density at radius 3 is 2.82 bits per heavy atom. The van der Waals surface area contributed by atoms with Gasteiger partial charge in [0, 0.05) is 47.0 Å². The van der Waals surface area contributed by atoms with Crippen LogP contribution in [0.15, 0.2) is 17.4 Å². The van der Waals surface area contributed by atoms with Crippen LogP contribution in [-0.4, -0.2) is 68.8 Å². The first-order valence-electron chi connectivity index (χ1n) is 9.41. The van der Waals surface area contributed by atoms with Crippen LogP contribution < -0.4 is 5.32 Å². The van der Waals surface area contributed by atoms with Crippen LogP contribution >= 0.6 is 24.0 Å². The third-order valence-corrected chi connectivity index (χ3v) is 5.01. The Bertz CT molecular complexity index is 771. The summed E-state index contributed by atoms with van der Waals surface area (Å²) in [4.78, 5) is 7.14. The number of likely N-dealkylation sites (tertiary alicyclic amines) is 1. The summed E-state index contributed by atoms with van der Waals surface area (Å²) in [5.41, 5.74) is 1.30. The first-order valence-corrected chi connectivity index (χ1v) is 9.41. The molecule has 0 radical (unpaired) electrons. The second-order valence-electron chi connectivity index (χ2n) is 7.11. The Balaban J connectivity index is 0.00000280. The molecule has 0 aromatic carbocycles. The predicted octanol–water partition coefficient (Wildman–Crippen LogP) is 1.13. The molecule has 1 fully saturated rings. The highest BCUT2D eigenvalue weighted by Gasteiger charge is 2.25. The van der Waals surface area contributed by atoms with Crippen LogP contribution in [-0.2, 0) is 31.8 Å². The summed E-state index contributed by atoms with van der Waals surface area (Å²) in [5.74, 6) is 3.29. The molecule has 1 N–H and O–H groups in total. The molecule has 9 nitrogen and oxygen atoms in total. The number of aliphatic imine (C=N–C) groups is 1. The summed E-state index contributed by atoms with van der Waals surface area (Å²) >= 11 is 0. The topological polar surface area (TPSA) is 85.4 Å². The lowest BCUT2D eigenvalue weighted by molar-refractivity contribution is 0.203. The van der Waals surface area contributed by atoms with Gasteiger partial charge in [-0.05, 0) is 31.2 Å². The largest absolute Gasteiger partial charge is 0.383 e. The molecule has 1 unspecified atom stereocenters. The third kappa shape index (κ3) is 5.90. The molecule has 1 aliphatic heterocycles. The van der Waals surface area contributed by atoms with Crippen LogP contribution in [0.25, 0.3) is 0 Å². The molecular weight excluding hydrogens is 471 g/mol. The smallest absolute Gasteiger partial charge is 0.194 e. The summed E-state index contributed by atoms with van der Waals surface area (Å²) in [6, 6.07) is 0. The van der Waals surface area contributed by atoms with Gasteiger partial charge in [0.15, 0.2) is 11.8 Å². The third-order valence-electron chi connectivity index (χ3n) is 5.01. The minimum absolute atomic E-state index is 0. The highest BCUT2D eigenvalue weighted by atomic mass is 127. The zero-order chi connectivity index (χ0) is 19.2. The van der Waals surface area contributed by atoms with E-state index in [2.05, 4.69) is 31.7 Å². The zero-order valence-electron chi connectivity index (χ0n) is 17.1. The summed E-state index contributed by atoms with van der Waals surface area (Å²) in [6.07, 6.45) is 6.27. The maximum Gasteiger partial charge on any atom is 0.194 e. The number of hydrogen-bond donors (Lipinski definition) is 1. The number of halogens is 1. The Morgan fingerprint density at radius 2 is 2.18 bits per heavy atom. The van der Waals surface area contributed by atoms with Crippen LogP contribution in [0, 0.1) is 12.8 Å². The fourth-order valence-corrected chi connectivity index (χ4v) is 3.37. The van der Waals surface area contributed by atoms with E-state index in [0.717, 1.165) is 50.1 Å². The van der Waals surface area contributed by atoms with Crippen LogP contribution in [0.4, 0.5) is 0 Å². The second kappa shape index (κ2) is 10.7. The Morgan fingerprint density at radius 1 is 1.36 bits per heavy atom. The van der Waals surface area contributed by atoms with Crippen LogP contribution in [0.5, 0.6) is 0 Å². The quantitative estimate of drug-likeness (QED) is 0.265. The minimum atomic E-state index is 0. The predicted molar refractivity (Wildman–Crippen MR) is 119 cm³/mol. The fraction of sp³-hybridized carbons (Fsp3) is 0.667. The number of hydrogen-bond acceptors (Lipinski definition) is 5. The van der Waals surface area contributed by atoms with Crippen molar-refractivity contribution in [2.24, 2.45) is 25.0 Å². The van der Waals surface area contributed by atoms with E-state index in [1.165, 1.54) is 5.56 Å². The summed E-state index contributed by atoms with van der Waals surface area (Å²) in [5, 5.41) is 16.0. The monoisotopic (exact) mass is 502 g/mol. The Hall–Kier alpha value is -1.69. The average molecular weight is 502 g/mol. The molecule has 28 heavy (non-hydrogen) atoms. The van der Waals surface area contributed by atoms with Crippen molar-refractivity contribution in [1.29, 1.82) is 0 Å². The lowest BCUT2D eigenvalue weighted by Gasteiger charge is -2.22. The molecule has 2 aromatic rings. The van der Waals surface area contributed by atoms with Crippen LogP contribution in [0.3, 0.4) is 0 Å². The van der Waals surface area contributed by atoms with E-state index in [9.17, 15) is 0 Å². The van der Waals surface area contributed by atoms with Crippen LogP contribution in [0.1, 0.15) is 23.6 Å². The lowest BCUT2D eigenvalue weighted by Crippen LogP contribution is -2.41. The van der Waals surface area contributed by atoms with Gasteiger partial charge in [0.25, 0.3) is 0 Å². The van der Waals surface area contributed by atoms with E-state index >= 15 is 0 Å². The van der Waals surface area contributed by atoms with E-state index < -0.39 is 0 Å². The number of aryl methyl sites for hydroxylation is 2. The van der Waals surface area contributed by atoms with Gasteiger partial charge in [-0.3, -0.25) is 4.68 Å². The molecular formula is C18H31IN8O. The summed E-state index contributed by atoms with van der Waals surface area (Å²) in [7, 11) is 5.64. The highest BCUT2D eigenvalue weighted by Crippen LogP contribution is 2.21. The zero-order valence-corrected chi connectivity index (χ0v) is 19.5. The van der Waals surface area contributed by atoms with Crippen molar-refractivity contribution in [2.75, 3.05) is 33.4 Å². The van der Waals surface area contributed by atoms with Crippen molar-refractivity contribution in [2.45, 2.75) is 26.3 Å². The van der Waals surface area contributed by atoms with E-state index in [4.69, 9.17) is 9.73 Å². The van der Waals surface area contributed by atoms with E-state index in [1.807, 2.05) is 36.5 Å². The molecule has 3 rings (SSSR count). The van der Waals surface area contributed by atoms with Gasteiger partial charge in [0.05, 0.1) is 12.8 Å². The molecule has 0 aliphatic carbocycles. The average Bonchev–Trinajstić information content (AvgIpc) is 3.35. The van der Waals surface area contributed by atoms with E-state index in [0.29, 0.717) is 19.1 Å². The summed E-state index contributed by atoms with van der Waals surface area (Å²) in [6.45, 7) is 5.83. The first-order chi connectivity index (χ1) is 13.1. The van der Waals surface area contributed by atoms with Crippen molar-refractivity contribution in [3.63, 3.8) is 0 Å². The van der Waals surface area contributed by atoms with Crippen molar-refractivity contribution in [1.82, 2.24) is 34.8 Å². The molecule has 1 atom stereocenters. The number of nitrogens with one attached hydrogen (secondary N) is 1. The maximum atomic E-state index is 5.17. The lowest BCUT2D eigenvalue weighted by atomic mass is 10.0.